The molecule has 15 heavy (non-hydrogen) atoms. The third kappa shape index (κ3) is 1.56. The Morgan fingerprint density at radius 1 is 1.07 bits per heavy atom. The first-order valence-electron chi connectivity index (χ1n) is 4.91. The minimum atomic E-state index is 0.336. The Balaban J connectivity index is 1.87. The zero-order valence-corrected chi connectivity index (χ0v) is 8.22. The Morgan fingerprint density at radius 2 is 1.87 bits per heavy atom. The van der Waals surface area contributed by atoms with Crippen molar-refractivity contribution >= 4 is 0 Å². The lowest BCUT2D eigenvalue weighted by atomic mass is 10.2. The van der Waals surface area contributed by atoms with E-state index in [1.165, 1.54) is 5.56 Å². The molecule has 0 N–H and O–H groups in total. The summed E-state index contributed by atoms with van der Waals surface area (Å²) in [5.41, 5.74) is 1.22. The summed E-state index contributed by atoms with van der Waals surface area (Å²) in [6.45, 7) is 1.20. The fourth-order valence-corrected chi connectivity index (χ4v) is 1.73. The molecule has 3 nitrogen and oxygen atoms in total. The second kappa shape index (κ2) is 3.35. The van der Waals surface area contributed by atoms with E-state index in [1.807, 2.05) is 36.7 Å². The maximum atomic E-state index is 5.33. The van der Waals surface area contributed by atoms with E-state index >= 15 is 0 Å². The molecule has 3 heteroatoms. The van der Waals surface area contributed by atoms with Gasteiger partial charge in [-0.25, -0.2) is 0 Å². The second-order valence-corrected chi connectivity index (χ2v) is 3.54. The quantitative estimate of drug-likeness (QED) is 0.744. The number of hydrogen-bond donors (Lipinski definition) is 0. The van der Waals surface area contributed by atoms with E-state index in [-0.39, 0.29) is 0 Å². The molecule has 0 unspecified atom stereocenters. The lowest BCUT2D eigenvalue weighted by molar-refractivity contribution is 0.174. The van der Waals surface area contributed by atoms with Crippen LogP contribution in [0.3, 0.4) is 0 Å². The normalized spacial score (nSPS) is 13.1. The predicted molar refractivity (Wildman–Crippen MR) is 56.1 cm³/mol. The van der Waals surface area contributed by atoms with Crippen LogP contribution in [0.25, 0.3) is 0 Å². The molecule has 0 spiro atoms. The van der Waals surface area contributed by atoms with Gasteiger partial charge in [0.15, 0.2) is 11.5 Å². The molecule has 1 aromatic carbocycles. The Labute approximate surface area is 87.9 Å². The summed E-state index contributed by atoms with van der Waals surface area (Å²) in [4.78, 5) is 0. The van der Waals surface area contributed by atoms with Crippen molar-refractivity contribution in [1.29, 1.82) is 0 Å². The van der Waals surface area contributed by atoms with Gasteiger partial charge in [0, 0.05) is 18.9 Å². The van der Waals surface area contributed by atoms with Crippen molar-refractivity contribution in [2.45, 2.75) is 6.54 Å². The first-order valence-corrected chi connectivity index (χ1v) is 4.91. The topological polar surface area (TPSA) is 23.4 Å². The largest absolute Gasteiger partial charge is 0.454 e. The summed E-state index contributed by atoms with van der Waals surface area (Å²) in [6, 6.07) is 10.1. The van der Waals surface area contributed by atoms with Crippen LogP contribution >= 0.6 is 0 Å². The van der Waals surface area contributed by atoms with Gasteiger partial charge in [0.25, 0.3) is 0 Å². The van der Waals surface area contributed by atoms with Crippen LogP contribution in [0, 0.1) is 0 Å². The molecular weight excluding hydrogens is 190 g/mol. The van der Waals surface area contributed by atoms with Crippen molar-refractivity contribution in [2.75, 3.05) is 6.79 Å². The van der Waals surface area contributed by atoms with Crippen LogP contribution in [-0.2, 0) is 6.54 Å². The first-order chi connectivity index (χ1) is 7.42. The van der Waals surface area contributed by atoms with Gasteiger partial charge in [0.1, 0.15) is 0 Å². The molecule has 0 bridgehead atoms. The molecular formula is C12H11NO2. The molecule has 2 heterocycles. The molecule has 0 radical (unpaired) electrons. The maximum Gasteiger partial charge on any atom is 0.231 e. The fourth-order valence-electron chi connectivity index (χ4n) is 1.73. The Kier molecular flexibility index (Phi) is 1.88. The number of benzene rings is 1. The number of nitrogens with zero attached hydrogens (tertiary/aromatic N) is 1. The van der Waals surface area contributed by atoms with Gasteiger partial charge >= 0.3 is 0 Å². The molecule has 0 saturated carbocycles. The van der Waals surface area contributed by atoms with E-state index < -0.39 is 0 Å². The molecule has 3 rings (SSSR count). The molecule has 0 amide bonds. The first kappa shape index (κ1) is 8.41. The highest BCUT2D eigenvalue weighted by Gasteiger charge is 2.12. The van der Waals surface area contributed by atoms with E-state index in [0.29, 0.717) is 6.79 Å². The minimum absolute atomic E-state index is 0.336. The zero-order valence-electron chi connectivity index (χ0n) is 8.22. The van der Waals surface area contributed by atoms with Crippen LogP contribution in [0.15, 0.2) is 42.7 Å². The predicted octanol–water partition coefficient (Wildman–Crippen LogP) is 2.27. The number of aromatic nitrogens is 1. The molecule has 76 valence electrons. The highest BCUT2D eigenvalue weighted by atomic mass is 16.7. The van der Waals surface area contributed by atoms with Gasteiger partial charge in [-0.3, -0.25) is 0 Å². The molecule has 1 aliphatic rings. The smallest absolute Gasteiger partial charge is 0.231 e. The van der Waals surface area contributed by atoms with Crippen molar-refractivity contribution in [3.8, 4) is 11.5 Å². The minimum Gasteiger partial charge on any atom is -0.454 e. The average molecular weight is 201 g/mol. The van der Waals surface area contributed by atoms with Crippen LogP contribution in [0.5, 0.6) is 11.5 Å². The van der Waals surface area contributed by atoms with E-state index in [0.717, 1.165) is 18.0 Å². The standard InChI is InChI=1S/C12H11NO2/c1-2-6-13(5-1)8-10-3-4-11-12(7-10)15-9-14-11/h1-7H,8-9H2. The van der Waals surface area contributed by atoms with Gasteiger partial charge in [0.05, 0.1) is 0 Å². The van der Waals surface area contributed by atoms with E-state index in [4.69, 9.17) is 9.47 Å². The monoisotopic (exact) mass is 201 g/mol. The molecule has 1 aromatic heterocycles. The molecule has 0 atom stereocenters. The van der Waals surface area contributed by atoms with Gasteiger partial charge in [0.2, 0.25) is 6.79 Å². The van der Waals surface area contributed by atoms with E-state index in [9.17, 15) is 0 Å². The summed E-state index contributed by atoms with van der Waals surface area (Å²) in [5.74, 6) is 1.69. The molecule has 0 aliphatic carbocycles. The van der Waals surface area contributed by atoms with Crippen molar-refractivity contribution in [2.24, 2.45) is 0 Å². The van der Waals surface area contributed by atoms with Gasteiger partial charge in [-0.2, -0.15) is 0 Å². The summed E-state index contributed by atoms with van der Waals surface area (Å²) in [6.07, 6.45) is 4.09. The number of hydrogen-bond acceptors (Lipinski definition) is 2. The van der Waals surface area contributed by atoms with Crippen molar-refractivity contribution in [3.63, 3.8) is 0 Å². The van der Waals surface area contributed by atoms with Crippen LogP contribution in [-0.4, -0.2) is 11.4 Å². The highest BCUT2D eigenvalue weighted by Crippen LogP contribution is 2.32. The number of fused-ring (bicyclic) bond motifs is 1. The van der Waals surface area contributed by atoms with Gasteiger partial charge in [-0.1, -0.05) is 6.07 Å². The van der Waals surface area contributed by atoms with Crippen LogP contribution < -0.4 is 9.47 Å². The Morgan fingerprint density at radius 3 is 2.73 bits per heavy atom. The third-order valence-corrected chi connectivity index (χ3v) is 2.47. The van der Waals surface area contributed by atoms with Crippen molar-refractivity contribution < 1.29 is 9.47 Å². The summed E-state index contributed by atoms with van der Waals surface area (Å²) < 4.78 is 12.7. The van der Waals surface area contributed by atoms with Crippen molar-refractivity contribution in [1.82, 2.24) is 4.57 Å². The second-order valence-electron chi connectivity index (χ2n) is 3.54. The lowest BCUT2D eigenvalue weighted by Crippen LogP contribution is -1.95. The lowest BCUT2D eigenvalue weighted by Gasteiger charge is -2.04. The summed E-state index contributed by atoms with van der Waals surface area (Å²) in [7, 11) is 0. The molecule has 1 aliphatic heterocycles. The summed E-state index contributed by atoms with van der Waals surface area (Å²) >= 11 is 0. The van der Waals surface area contributed by atoms with Crippen molar-refractivity contribution in [3.05, 3.63) is 48.3 Å². The number of ether oxygens (including phenoxy) is 2. The Bertz CT molecular complexity index is 462. The van der Waals surface area contributed by atoms with E-state index in [2.05, 4.69) is 10.6 Å². The van der Waals surface area contributed by atoms with Crippen LogP contribution in [0.1, 0.15) is 5.56 Å². The van der Waals surface area contributed by atoms with Gasteiger partial charge in [-0.15, -0.1) is 0 Å². The van der Waals surface area contributed by atoms with Gasteiger partial charge < -0.3 is 14.0 Å². The fraction of sp³-hybridized carbons (Fsp3) is 0.167. The maximum absolute atomic E-state index is 5.33. The van der Waals surface area contributed by atoms with E-state index in [1.54, 1.807) is 0 Å². The SMILES string of the molecule is c1ccn(Cc2ccc3c(c2)OCO3)c1. The Hall–Kier alpha value is -1.90. The molecule has 0 fully saturated rings. The summed E-state index contributed by atoms with van der Waals surface area (Å²) in [5, 5.41) is 0. The molecule has 2 aromatic rings. The number of rotatable bonds is 2. The zero-order chi connectivity index (χ0) is 10.1. The average Bonchev–Trinajstić information content (AvgIpc) is 2.87. The third-order valence-electron chi connectivity index (χ3n) is 2.47. The molecule has 0 saturated heterocycles. The van der Waals surface area contributed by atoms with Gasteiger partial charge in [-0.05, 0) is 29.8 Å². The van der Waals surface area contributed by atoms with Crippen LogP contribution in [0.2, 0.25) is 0 Å². The highest BCUT2D eigenvalue weighted by molar-refractivity contribution is 5.44. The van der Waals surface area contributed by atoms with Crippen LogP contribution in [0.4, 0.5) is 0 Å².